The van der Waals surface area contributed by atoms with Crippen LogP contribution < -0.4 is 18.9 Å². The zero-order valence-electron chi connectivity index (χ0n) is 18.6. The summed E-state index contributed by atoms with van der Waals surface area (Å²) in [7, 11) is 1.67. The second-order valence-corrected chi connectivity index (χ2v) is 8.49. The van der Waals surface area contributed by atoms with Crippen LogP contribution in [-0.2, 0) is 11.3 Å². The molecule has 2 heterocycles. The van der Waals surface area contributed by atoms with Crippen LogP contribution in [0.2, 0.25) is 0 Å². The normalized spacial score (nSPS) is 23.8. The topological polar surface area (TPSA) is 46.2 Å². The fourth-order valence-corrected chi connectivity index (χ4v) is 4.53. The van der Waals surface area contributed by atoms with E-state index in [9.17, 15) is 0 Å². The second kappa shape index (κ2) is 8.75. The van der Waals surface area contributed by atoms with Crippen molar-refractivity contribution in [2.45, 2.75) is 32.7 Å². The Hall–Kier alpha value is -3.18. The Morgan fingerprint density at radius 2 is 1.47 bits per heavy atom. The summed E-state index contributed by atoms with van der Waals surface area (Å²) in [6, 6.07) is 22.3. The van der Waals surface area contributed by atoms with Crippen molar-refractivity contribution in [2.24, 2.45) is 11.8 Å². The van der Waals surface area contributed by atoms with Crippen LogP contribution in [0.15, 0.2) is 66.7 Å². The molecule has 0 unspecified atom stereocenters. The van der Waals surface area contributed by atoms with E-state index in [4.69, 9.17) is 23.7 Å². The minimum absolute atomic E-state index is 0.00972. The molecule has 2 aliphatic rings. The molecule has 166 valence electrons. The highest BCUT2D eigenvalue weighted by Crippen LogP contribution is 2.51. The number of ether oxygens (including phenoxy) is 5. The molecule has 32 heavy (non-hydrogen) atoms. The molecule has 5 rings (SSSR count). The molecule has 0 aromatic heterocycles. The van der Waals surface area contributed by atoms with Crippen LogP contribution in [0.3, 0.4) is 0 Å². The molecule has 5 nitrogen and oxygen atoms in total. The quantitative estimate of drug-likeness (QED) is 0.472. The number of hydrogen-bond acceptors (Lipinski definition) is 5. The van der Waals surface area contributed by atoms with Gasteiger partial charge in [0.15, 0.2) is 23.0 Å². The van der Waals surface area contributed by atoms with Crippen molar-refractivity contribution in [1.82, 2.24) is 0 Å². The molecule has 0 N–H and O–H groups in total. The first kappa shape index (κ1) is 20.7. The van der Waals surface area contributed by atoms with Crippen molar-refractivity contribution in [3.05, 3.63) is 83.4 Å². The average molecular weight is 433 g/mol. The Labute approximate surface area is 188 Å². The number of hydrogen-bond donors (Lipinski definition) is 0. The van der Waals surface area contributed by atoms with Crippen LogP contribution in [0.1, 0.15) is 42.7 Å². The third-order valence-corrected chi connectivity index (χ3v) is 6.56. The minimum atomic E-state index is -0.0301. The van der Waals surface area contributed by atoms with Gasteiger partial charge in [-0.15, -0.1) is 0 Å². The summed E-state index contributed by atoms with van der Waals surface area (Å²) in [5.74, 6) is 3.71. The third-order valence-electron chi connectivity index (χ3n) is 6.56. The van der Waals surface area contributed by atoms with Gasteiger partial charge in [-0.25, -0.2) is 0 Å². The van der Waals surface area contributed by atoms with E-state index in [1.807, 2.05) is 54.6 Å². The van der Waals surface area contributed by atoms with Gasteiger partial charge >= 0.3 is 0 Å². The van der Waals surface area contributed by atoms with Gasteiger partial charge in [-0.1, -0.05) is 56.3 Å². The van der Waals surface area contributed by atoms with Gasteiger partial charge in [0.25, 0.3) is 0 Å². The lowest BCUT2D eigenvalue weighted by molar-refractivity contribution is 0.0288. The lowest BCUT2D eigenvalue weighted by atomic mass is 9.85. The average Bonchev–Trinajstić information content (AvgIpc) is 3.42. The largest absolute Gasteiger partial charge is 0.493 e. The monoisotopic (exact) mass is 432 g/mol. The first-order valence-corrected chi connectivity index (χ1v) is 11.0. The van der Waals surface area contributed by atoms with Crippen molar-refractivity contribution >= 4 is 0 Å². The van der Waals surface area contributed by atoms with Crippen LogP contribution in [0, 0.1) is 11.8 Å². The summed E-state index contributed by atoms with van der Waals surface area (Å²) >= 11 is 0. The van der Waals surface area contributed by atoms with E-state index < -0.39 is 0 Å². The van der Waals surface area contributed by atoms with Gasteiger partial charge in [0.05, 0.1) is 19.3 Å². The van der Waals surface area contributed by atoms with Crippen LogP contribution in [0.4, 0.5) is 0 Å². The SMILES string of the molecule is COc1cc([C@@H]2O[C@@H](c3ccc4c(c3)OCO4)[C@@H](C)[C@H]2C)ccc1OCc1ccccc1. The van der Waals surface area contributed by atoms with E-state index in [1.54, 1.807) is 7.11 Å². The molecule has 3 aromatic carbocycles. The fraction of sp³-hybridized carbons (Fsp3) is 0.333. The van der Waals surface area contributed by atoms with Crippen molar-refractivity contribution < 1.29 is 23.7 Å². The first-order chi connectivity index (χ1) is 15.6. The lowest BCUT2D eigenvalue weighted by Gasteiger charge is -2.19. The van der Waals surface area contributed by atoms with Crippen LogP contribution in [-0.4, -0.2) is 13.9 Å². The molecular formula is C27H28O5. The van der Waals surface area contributed by atoms with Gasteiger partial charge in [0, 0.05) is 0 Å². The molecule has 0 aliphatic carbocycles. The van der Waals surface area contributed by atoms with Gasteiger partial charge in [-0.3, -0.25) is 0 Å². The Bertz CT molecular complexity index is 1080. The molecule has 0 spiro atoms. The highest BCUT2D eigenvalue weighted by atomic mass is 16.7. The molecule has 0 amide bonds. The van der Waals surface area contributed by atoms with Crippen LogP contribution in [0.25, 0.3) is 0 Å². The van der Waals surface area contributed by atoms with Gasteiger partial charge in [-0.05, 0) is 52.8 Å². The number of fused-ring (bicyclic) bond motifs is 1. The predicted molar refractivity (Wildman–Crippen MR) is 121 cm³/mol. The molecule has 0 bridgehead atoms. The van der Waals surface area contributed by atoms with Gasteiger partial charge < -0.3 is 23.7 Å². The zero-order valence-corrected chi connectivity index (χ0v) is 18.6. The fourth-order valence-electron chi connectivity index (χ4n) is 4.53. The number of benzene rings is 3. The molecular weight excluding hydrogens is 404 g/mol. The first-order valence-electron chi connectivity index (χ1n) is 11.0. The maximum absolute atomic E-state index is 6.59. The van der Waals surface area contributed by atoms with Gasteiger partial charge in [-0.2, -0.15) is 0 Å². The molecule has 0 radical (unpaired) electrons. The van der Waals surface area contributed by atoms with Crippen molar-refractivity contribution in [3.8, 4) is 23.0 Å². The molecule has 3 aromatic rings. The summed E-state index contributed by atoms with van der Waals surface area (Å²) in [5.41, 5.74) is 3.33. The van der Waals surface area contributed by atoms with E-state index in [0.29, 0.717) is 24.2 Å². The Kier molecular flexibility index (Phi) is 5.66. The maximum Gasteiger partial charge on any atom is 0.231 e. The highest BCUT2D eigenvalue weighted by Gasteiger charge is 2.41. The van der Waals surface area contributed by atoms with E-state index in [1.165, 1.54) is 0 Å². The van der Waals surface area contributed by atoms with E-state index in [-0.39, 0.29) is 19.0 Å². The van der Waals surface area contributed by atoms with Crippen molar-refractivity contribution in [1.29, 1.82) is 0 Å². The van der Waals surface area contributed by atoms with E-state index >= 15 is 0 Å². The van der Waals surface area contributed by atoms with Crippen LogP contribution in [0.5, 0.6) is 23.0 Å². The van der Waals surface area contributed by atoms with Crippen LogP contribution >= 0.6 is 0 Å². The highest BCUT2D eigenvalue weighted by molar-refractivity contribution is 5.46. The minimum Gasteiger partial charge on any atom is -0.493 e. The summed E-state index contributed by atoms with van der Waals surface area (Å²) < 4.78 is 29.3. The molecule has 0 saturated carbocycles. The summed E-state index contributed by atoms with van der Waals surface area (Å²) in [6.45, 7) is 5.26. The van der Waals surface area contributed by atoms with Crippen molar-refractivity contribution in [2.75, 3.05) is 13.9 Å². The van der Waals surface area contributed by atoms with Crippen molar-refractivity contribution in [3.63, 3.8) is 0 Å². The summed E-state index contributed by atoms with van der Waals surface area (Å²) in [5, 5.41) is 0. The zero-order chi connectivity index (χ0) is 22.1. The molecule has 4 atom stereocenters. The molecule has 1 saturated heterocycles. The summed E-state index contributed by atoms with van der Waals surface area (Å²) in [6.07, 6.45) is -0.0398. The lowest BCUT2D eigenvalue weighted by Crippen LogP contribution is -2.10. The molecule has 5 heteroatoms. The molecule has 2 aliphatic heterocycles. The van der Waals surface area contributed by atoms with E-state index in [0.717, 1.165) is 33.9 Å². The van der Waals surface area contributed by atoms with Gasteiger partial charge in [0.1, 0.15) is 6.61 Å². The number of rotatable bonds is 6. The smallest absolute Gasteiger partial charge is 0.231 e. The Morgan fingerprint density at radius 3 is 2.22 bits per heavy atom. The Morgan fingerprint density at radius 1 is 0.781 bits per heavy atom. The van der Waals surface area contributed by atoms with Gasteiger partial charge in [0.2, 0.25) is 6.79 Å². The maximum atomic E-state index is 6.59. The Balaban J connectivity index is 1.34. The molecule has 1 fully saturated rings. The van der Waals surface area contributed by atoms with E-state index in [2.05, 4.69) is 26.0 Å². The second-order valence-electron chi connectivity index (χ2n) is 8.49. The standard InChI is InChI=1S/C27H28O5/c1-17-18(2)27(21-10-12-23-25(14-21)31-16-30-23)32-26(17)20-9-11-22(24(13-20)28-3)29-15-19-7-5-4-6-8-19/h4-14,17-18,26-27H,15-16H2,1-3H3/t17-,18+,26-,27-/m1/s1. The third kappa shape index (κ3) is 3.89. The number of methoxy groups -OCH3 is 1. The predicted octanol–water partition coefficient (Wildman–Crippen LogP) is 6.09. The summed E-state index contributed by atoms with van der Waals surface area (Å²) in [4.78, 5) is 0.